The van der Waals surface area contributed by atoms with E-state index in [1.165, 1.54) is 29.5 Å². The summed E-state index contributed by atoms with van der Waals surface area (Å²) in [5.41, 5.74) is 6.81. The first-order chi connectivity index (χ1) is 8.49. The molecule has 0 atom stereocenters. The molecule has 0 aliphatic rings. The van der Waals surface area contributed by atoms with Gasteiger partial charge in [-0.3, -0.25) is 0 Å². The van der Waals surface area contributed by atoms with Gasteiger partial charge in [-0.2, -0.15) is 11.3 Å². The van der Waals surface area contributed by atoms with Gasteiger partial charge < -0.3 is 5.73 Å². The van der Waals surface area contributed by atoms with Crippen LogP contribution in [0.3, 0.4) is 0 Å². The highest BCUT2D eigenvalue weighted by molar-refractivity contribution is 7.89. The molecule has 0 bridgehead atoms. The van der Waals surface area contributed by atoms with Gasteiger partial charge >= 0.3 is 0 Å². The Morgan fingerprint density at radius 2 is 2.11 bits per heavy atom. The molecule has 1 aromatic carbocycles. The molecule has 2 aromatic rings. The number of hydrogen-bond donors (Lipinski definition) is 2. The Morgan fingerprint density at radius 3 is 2.72 bits per heavy atom. The molecule has 7 heteroatoms. The van der Waals surface area contributed by atoms with Gasteiger partial charge in [0.05, 0.1) is 15.6 Å². The van der Waals surface area contributed by atoms with Gasteiger partial charge in [-0.1, -0.05) is 11.6 Å². The molecule has 3 N–H and O–H groups in total. The van der Waals surface area contributed by atoms with Crippen LogP contribution < -0.4 is 10.5 Å². The molecular weight excluding hydrogens is 292 g/mol. The lowest BCUT2D eigenvalue weighted by Crippen LogP contribution is -2.23. The molecule has 0 saturated heterocycles. The van der Waals surface area contributed by atoms with Gasteiger partial charge in [0.2, 0.25) is 10.0 Å². The summed E-state index contributed by atoms with van der Waals surface area (Å²) < 4.78 is 26.5. The smallest absolute Gasteiger partial charge is 0.240 e. The van der Waals surface area contributed by atoms with Crippen molar-refractivity contribution in [2.45, 2.75) is 11.4 Å². The number of sulfonamides is 1. The van der Waals surface area contributed by atoms with Crippen molar-refractivity contribution in [3.05, 3.63) is 45.6 Å². The second-order valence-corrected chi connectivity index (χ2v) is 6.59. The zero-order valence-corrected chi connectivity index (χ0v) is 11.6. The van der Waals surface area contributed by atoms with E-state index in [9.17, 15) is 8.42 Å². The lowest BCUT2D eigenvalue weighted by atomic mass is 10.3. The Bertz CT molecular complexity index is 639. The van der Waals surface area contributed by atoms with Crippen molar-refractivity contribution in [2.75, 3.05) is 5.73 Å². The highest BCUT2D eigenvalue weighted by Crippen LogP contribution is 2.22. The van der Waals surface area contributed by atoms with Crippen LogP contribution in [0.1, 0.15) is 5.56 Å². The molecule has 2 rings (SSSR count). The Hall–Kier alpha value is -1.08. The van der Waals surface area contributed by atoms with E-state index in [2.05, 4.69) is 4.72 Å². The number of hydrogen-bond acceptors (Lipinski definition) is 4. The summed E-state index contributed by atoms with van der Waals surface area (Å²) in [6, 6.07) is 6.11. The predicted octanol–water partition coefficient (Wildman–Crippen LogP) is 2.46. The Kier molecular flexibility index (Phi) is 3.91. The Balaban J connectivity index is 2.17. The van der Waals surface area contributed by atoms with Crippen LogP contribution >= 0.6 is 22.9 Å². The first-order valence-corrected chi connectivity index (χ1v) is 7.85. The maximum Gasteiger partial charge on any atom is 0.240 e. The number of anilines is 1. The molecule has 0 unspecified atom stereocenters. The minimum Gasteiger partial charge on any atom is -0.398 e. The first kappa shape index (κ1) is 13.4. The van der Waals surface area contributed by atoms with Crippen molar-refractivity contribution >= 4 is 38.6 Å². The molecule has 0 aliphatic carbocycles. The van der Waals surface area contributed by atoms with Crippen LogP contribution in [0.15, 0.2) is 39.9 Å². The van der Waals surface area contributed by atoms with E-state index in [1.54, 1.807) is 0 Å². The highest BCUT2D eigenvalue weighted by atomic mass is 35.5. The average Bonchev–Trinajstić information content (AvgIpc) is 2.83. The summed E-state index contributed by atoms with van der Waals surface area (Å²) >= 11 is 7.32. The van der Waals surface area contributed by atoms with Gasteiger partial charge in [0.25, 0.3) is 0 Å². The number of nitrogen functional groups attached to an aromatic ring is 1. The maximum absolute atomic E-state index is 12.0. The van der Waals surface area contributed by atoms with Crippen LogP contribution in [-0.2, 0) is 16.6 Å². The zero-order chi connectivity index (χ0) is 13.2. The topological polar surface area (TPSA) is 72.2 Å². The molecule has 96 valence electrons. The van der Waals surface area contributed by atoms with E-state index >= 15 is 0 Å². The van der Waals surface area contributed by atoms with E-state index in [1.807, 2.05) is 16.8 Å². The fraction of sp³-hybridized carbons (Fsp3) is 0.0909. The fourth-order valence-corrected chi connectivity index (χ4v) is 3.29. The Morgan fingerprint density at radius 1 is 1.33 bits per heavy atom. The van der Waals surface area contributed by atoms with Gasteiger partial charge in [0, 0.05) is 6.54 Å². The molecule has 0 spiro atoms. The second kappa shape index (κ2) is 5.27. The van der Waals surface area contributed by atoms with Crippen LogP contribution in [0.4, 0.5) is 5.69 Å². The molecule has 4 nitrogen and oxygen atoms in total. The Labute approximate surface area is 114 Å². The van der Waals surface area contributed by atoms with Gasteiger partial charge in [0.1, 0.15) is 0 Å². The van der Waals surface area contributed by atoms with E-state index in [0.717, 1.165) is 5.56 Å². The predicted molar refractivity (Wildman–Crippen MR) is 74.2 cm³/mol. The third-order valence-electron chi connectivity index (χ3n) is 2.33. The number of benzene rings is 1. The molecule has 0 radical (unpaired) electrons. The highest BCUT2D eigenvalue weighted by Gasteiger charge is 2.14. The van der Waals surface area contributed by atoms with Crippen molar-refractivity contribution in [1.29, 1.82) is 0 Å². The van der Waals surface area contributed by atoms with Crippen LogP contribution in [0, 0.1) is 0 Å². The van der Waals surface area contributed by atoms with Gasteiger partial charge in [-0.25, -0.2) is 13.1 Å². The first-order valence-electron chi connectivity index (χ1n) is 5.05. The molecule has 1 aromatic heterocycles. The number of nitrogens with one attached hydrogen (secondary N) is 1. The summed E-state index contributed by atoms with van der Waals surface area (Å²) in [5, 5.41) is 4.01. The number of thiophene rings is 1. The van der Waals surface area contributed by atoms with Crippen molar-refractivity contribution in [2.24, 2.45) is 0 Å². The summed E-state index contributed by atoms with van der Waals surface area (Å²) in [6.45, 7) is 0.258. The summed E-state index contributed by atoms with van der Waals surface area (Å²) in [6.07, 6.45) is 0. The molecule has 18 heavy (non-hydrogen) atoms. The number of nitrogens with two attached hydrogens (primary N) is 1. The average molecular weight is 303 g/mol. The number of rotatable bonds is 4. The van der Waals surface area contributed by atoms with Crippen molar-refractivity contribution in [3.8, 4) is 0 Å². The summed E-state index contributed by atoms with van der Waals surface area (Å²) in [4.78, 5) is 0.108. The minimum atomic E-state index is -3.56. The van der Waals surface area contributed by atoms with Crippen molar-refractivity contribution in [1.82, 2.24) is 4.72 Å². The van der Waals surface area contributed by atoms with Crippen LogP contribution in [0.25, 0.3) is 0 Å². The quantitative estimate of drug-likeness (QED) is 0.852. The van der Waals surface area contributed by atoms with Gasteiger partial charge in [-0.05, 0) is 40.6 Å². The van der Waals surface area contributed by atoms with Crippen molar-refractivity contribution in [3.63, 3.8) is 0 Å². The SMILES string of the molecule is Nc1ccc(S(=O)(=O)NCc2ccsc2)cc1Cl. The van der Waals surface area contributed by atoms with E-state index in [0.29, 0.717) is 5.69 Å². The standard InChI is InChI=1S/C11H11ClN2O2S2/c12-10-5-9(1-2-11(10)13)18(15,16)14-6-8-3-4-17-7-8/h1-5,7,14H,6,13H2. The van der Waals surface area contributed by atoms with Gasteiger partial charge in [-0.15, -0.1) is 0 Å². The fourth-order valence-electron chi connectivity index (χ4n) is 1.33. The molecule has 0 saturated carbocycles. The largest absolute Gasteiger partial charge is 0.398 e. The van der Waals surface area contributed by atoms with Crippen LogP contribution in [-0.4, -0.2) is 8.42 Å². The molecule has 0 amide bonds. The molecule has 0 fully saturated rings. The normalized spacial score (nSPS) is 11.6. The summed E-state index contributed by atoms with van der Waals surface area (Å²) in [7, 11) is -3.56. The monoisotopic (exact) mass is 302 g/mol. The van der Waals surface area contributed by atoms with E-state index < -0.39 is 10.0 Å². The lowest BCUT2D eigenvalue weighted by molar-refractivity contribution is 0.581. The van der Waals surface area contributed by atoms with E-state index in [4.69, 9.17) is 17.3 Å². The van der Waals surface area contributed by atoms with Gasteiger partial charge in [0.15, 0.2) is 0 Å². The second-order valence-electron chi connectivity index (χ2n) is 3.64. The van der Waals surface area contributed by atoms with Crippen molar-refractivity contribution < 1.29 is 8.42 Å². The van der Waals surface area contributed by atoms with Crippen LogP contribution in [0.5, 0.6) is 0 Å². The third-order valence-corrected chi connectivity index (χ3v) is 4.79. The maximum atomic E-state index is 12.0. The zero-order valence-electron chi connectivity index (χ0n) is 9.26. The molecular formula is C11H11ClN2O2S2. The number of halogens is 1. The molecule has 1 heterocycles. The molecule has 0 aliphatic heterocycles. The summed E-state index contributed by atoms with van der Waals surface area (Å²) in [5.74, 6) is 0. The lowest BCUT2D eigenvalue weighted by Gasteiger charge is -2.07. The van der Waals surface area contributed by atoms with E-state index in [-0.39, 0.29) is 16.5 Å². The van der Waals surface area contributed by atoms with Crippen LogP contribution in [0.2, 0.25) is 5.02 Å². The third kappa shape index (κ3) is 3.02. The minimum absolute atomic E-state index is 0.108.